The van der Waals surface area contributed by atoms with Crippen LogP contribution in [0, 0.1) is 6.92 Å². The molecule has 0 amide bonds. The number of sulfonamides is 1. The number of anilines is 1. The molecule has 7 heteroatoms. The van der Waals surface area contributed by atoms with E-state index in [2.05, 4.69) is 0 Å². The number of benzene rings is 1. The highest BCUT2D eigenvalue weighted by molar-refractivity contribution is 7.95. The Bertz CT molecular complexity index is 720. The molecule has 1 atom stereocenters. The van der Waals surface area contributed by atoms with E-state index in [1.165, 1.54) is 6.08 Å². The van der Waals surface area contributed by atoms with E-state index in [0.29, 0.717) is 5.69 Å². The molecule has 0 aliphatic carbocycles. The number of nitrogens with zero attached hydrogens (tertiary/aromatic N) is 1. The lowest BCUT2D eigenvalue weighted by molar-refractivity contribution is 0.591. The predicted octanol–water partition coefficient (Wildman–Crippen LogP) is 1.07. The van der Waals surface area contributed by atoms with Gasteiger partial charge < -0.3 is 0 Å². The molecule has 0 saturated heterocycles. The summed E-state index contributed by atoms with van der Waals surface area (Å²) in [7, 11) is -6.86. The summed E-state index contributed by atoms with van der Waals surface area (Å²) in [5, 5.41) is 1.08. The molecular weight excluding hydrogens is 286 g/mol. The highest BCUT2D eigenvalue weighted by atomic mass is 32.2. The molecule has 0 bridgehead atoms. The van der Waals surface area contributed by atoms with Gasteiger partial charge in [0.1, 0.15) is 0 Å². The van der Waals surface area contributed by atoms with Gasteiger partial charge in [-0.2, -0.15) is 0 Å². The summed E-state index contributed by atoms with van der Waals surface area (Å²) in [6.45, 7) is 1.85. The smallest absolute Gasteiger partial charge is 0.232 e. The van der Waals surface area contributed by atoms with Crippen LogP contribution in [0.4, 0.5) is 5.69 Å². The number of hydrogen-bond acceptors (Lipinski definition) is 4. The Morgan fingerprint density at radius 2 is 2.00 bits per heavy atom. The van der Waals surface area contributed by atoms with E-state index in [1.54, 1.807) is 18.2 Å². The Morgan fingerprint density at radius 1 is 1.32 bits per heavy atom. The fourth-order valence-electron chi connectivity index (χ4n) is 2.10. The van der Waals surface area contributed by atoms with Gasteiger partial charge in [-0.25, -0.2) is 16.8 Å². The fourth-order valence-corrected chi connectivity index (χ4v) is 4.60. The van der Waals surface area contributed by atoms with Gasteiger partial charge in [0, 0.05) is 5.41 Å². The molecule has 1 heterocycles. The molecule has 0 N–H and O–H groups in total. The maximum Gasteiger partial charge on any atom is 0.232 e. The second kappa shape index (κ2) is 4.64. The second-order valence-corrected chi connectivity index (χ2v) is 8.41. The summed E-state index contributed by atoms with van der Waals surface area (Å²) in [6.07, 6.45) is 2.49. The maximum absolute atomic E-state index is 11.9. The van der Waals surface area contributed by atoms with Crippen LogP contribution in [-0.2, 0) is 19.9 Å². The Labute approximate surface area is 113 Å². The maximum atomic E-state index is 11.9. The summed E-state index contributed by atoms with van der Waals surface area (Å²) >= 11 is 0. The van der Waals surface area contributed by atoms with Crippen molar-refractivity contribution in [3.8, 4) is 0 Å². The molecule has 19 heavy (non-hydrogen) atoms. The van der Waals surface area contributed by atoms with Gasteiger partial charge in [0.25, 0.3) is 0 Å². The van der Waals surface area contributed by atoms with E-state index in [4.69, 9.17) is 0 Å². The third-order valence-electron chi connectivity index (χ3n) is 2.83. The van der Waals surface area contributed by atoms with Gasteiger partial charge in [-0.1, -0.05) is 12.1 Å². The summed E-state index contributed by atoms with van der Waals surface area (Å²) in [5.41, 5.74) is 1.39. The summed E-state index contributed by atoms with van der Waals surface area (Å²) in [6, 6.07) is 6.30. The van der Waals surface area contributed by atoms with Gasteiger partial charge in [-0.05, 0) is 30.7 Å². The standard InChI is InChI=1S/C12H15NO4S2/c1-10-4-3-5-11(8-10)13(18(2,14)15)12-6-7-19(16,17)9-12/h3-8,12H,9H2,1-2H3. The highest BCUT2D eigenvalue weighted by Crippen LogP contribution is 2.25. The van der Waals surface area contributed by atoms with Crippen LogP contribution in [0.15, 0.2) is 35.7 Å². The van der Waals surface area contributed by atoms with E-state index in [-0.39, 0.29) is 5.75 Å². The quantitative estimate of drug-likeness (QED) is 0.837. The van der Waals surface area contributed by atoms with Gasteiger partial charge >= 0.3 is 0 Å². The van der Waals surface area contributed by atoms with E-state index in [0.717, 1.165) is 21.5 Å². The molecule has 2 rings (SSSR count). The van der Waals surface area contributed by atoms with Crippen molar-refractivity contribution in [3.63, 3.8) is 0 Å². The molecule has 1 aromatic carbocycles. The molecule has 1 unspecified atom stereocenters. The first-order chi connectivity index (χ1) is 8.69. The summed E-state index contributed by atoms with van der Waals surface area (Å²) in [5.74, 6) is -0.214. The monoisotopic (exact) mass is 301 g/mol. The van der Waals surface area contributed by atoms with Gasteiger partial charge in [0.05, 0.1) is 23.7 Å². The minimum absolute atomic E-state index is 0.214. The van der Waals surface area contributed by atoms with Crippen molar-refractivity contribution >= 4 is 25.5 Å². The van der Waals surface area contributed by atoms with Crippen molar-refractivity contribution in [1.29, 1.82) is 0 Å². The lowest BCUT2D eigenvalue weighted by Gasteiger charge is -2.27. The van der Waals surface area contributed by atoms with Gasteiger partial charge in [0.2, 0.25) is 10.0 Å². The fraction of sp³-hybridized carbons (Fsp3) is 0.333. The topological polar surface area (TPSA) is 71.5 Å². The molecule has 5 nitrogen and oxygen atoms in total. The number of rotatable bonds is 3. The summed E-state index contributed by atoms with van der Waals surface area (Å²) in [4.78, 5) is 0. The third kappa shape index (κ3) is 3.16. The van der Waals surface area contributed by atoms with Crippen LogP contribution in [-0.4, -0.2) is 34.9 Å². The highest BCUT2D eigenvalue weighted by Gasteiger charge is 2.32. The molecule has 0 fully saturated rings. The van der Waals surface area contributed by atoms with Crippen molar-refractivity contribution in [2.75, 3.05) is 16.3 Å². The second-order valence-electron chi connectivity index (χ2n) is 4.62. The molecule has 1 aliphatic rings. The number of sulfone groups is 1. The van der Waals surface area contributed by atoms with Crippen LogP contribution < -0.4 is 4.31 Å². The minimum atomic E-state index is -3.55. The lowest BCUT2D eigenvalue weighted by Crippen LogP contribution is -2.40. The van der Waals surface area contributed by atoms with Gasteiger partial charge in [-0.3, -0.25) is 4.31 Å². The van der Waals surface area contributed by atoms with Gasteiger partial charge in [-0.15, -0.1) is 0 Å². The third-order valence-corrected chi connectivity index (χ3v) is 5.40. The number of hydrogen-bond donors (Lipinski definition) is 0. The Balaban J connectivity index is 2.48. The largest absolute Gasteiger partial charge is 0.263 e. The van der Waals surface area contributed by atoms with Crippen molar-refractivity contribution < 1.29 is 16.8 Å². The van der Waals surface area contributed by atoms with Gasteiger partial charge in [0.15, 0.2) is 9.84 Å². The Morgan fingerprint density at radius 3 is 2.47 bits per heavy atom. The zero-order chi connectivity index (χ0) is 14.3. The van der Waals surface area contributed by atoms with Crippen molar-refractivity contribution in [3.05, 3.63) is 41.3 Å². The molecule has 1 aromatic rings. The Hall–Kier alpha value is -1.34. The molecular formula is C12H15NO4S2. The molecule has 104 valence electrons. The van der Waals surface area contributed by atoms with Crippen molar-refractivity contribution in [2.24, 2.45) is 0 Å². The zero-order valence-electron chi connectivity index (χ0n) is 10.6. The van der Waals surface area contributed by atoms with Crippen LogP contribution in [0.3, 0.4) is 0 Å². The molecule has 0 saturated carbocycles. The first kappa shape index (κ1) is 14.1. The minimum Gasteiger partial charge on any atom is -0.263 e. The molecule has 0 aromatic heterocycles. The first-order valence-electron chi connectivity index (χ1n) is 5.66. The average Bonchev–Trinajstić information content (AvgIpc) is 2.56. The van der Waals surface area contributed by atoms with E-state index >= 15 is 0 Å². The van der Waals surface area contributed by atoms with Crippen LogP contribution in [0.1, 0.15) is 5.56 Å². The SMILES string of the molecule is Cc1cccc(N(C2C=CS(=O)(=O)C2)S(C)(=O)=O)c1. The van der Waals surface area contributed by atoms with E-state index < -0.39 is 25.9 Å². The van der Waals surface area contributed by atoms with Crippen LogP contribution in [0.25, 0.3) is 0 Å². The zero-order valence-corrected chi connectivity index (χ0v) is 12.3. The summed E-state index contributed by atoms with van der Waals surface area (Å²) < 4.78 is 48.0. The van der Waals surface area contributed by atoms with Crippen molar-refractivity contribution in [1.82, 2.24) is 0 Å². The lowest BCUT2D eigenvalue weighted by atomic mass is 10.2. The molecule has 0 radical (unpaired) electrons. The van der Waals surface area contributed by atoms with Crippen LogP contribution in [0.5, 0.6) is 0 Å². The molecule has 0 spiro atoms. The number of aryl methyl sites for hydroxylation is 1. The van der Waals surface area contributed by atoms with Crippen LogP contribution in [0.2, 0.25) is 0 Å². The normalized spacial score (nSPS) is 21.5. The molecule has 1 aliphatic heterocycles. The van der Waals surface area contributed by atoms with E-state index in [1.807, 2.05) is 13.0 Å². The van der Waals surface area contributed by atoms with Crippen molar-refractivity contribution in [2.45, 2.75) is 13.0 Å². The first-order valence-corrected chi connectivity index (χ1v) is 9.22. The predicted molar refractivity (Wildman–Crippen MR) is 75.2 cm³/mol. The van der Waals surface area contributed by atoms with Crippen LogP contribution >= 0.6 is 0 Å². The Kier molecular flexibility index (Phi) is 3.44. The van der Waals surface area contributed by atoms with E-state index in [9.17, 15) is 16.8 Å². The average molecular weight is 301 g/mol.